The number of aryl methyl sites for hydroxylation is 2. The third-order valence-corrected chi connectivity index (χ3v) is 3.93. The van der Waals surface area contributed by atoms with Gasteiger partial charge in [0.2, 0.25) is 5.91 Å². The molecule has 0 aliphatic heterocycles. The largest absolute Gasteiger partial charge is 0.326 e. The number of aromatic nitrogens is 2. The fourth-order valence-corrected chi connectivity index (χ4v) is 2.98. The van der Waals surface area contributed by atoms with Gasteiger partial charge in [-0.25, -0.2) is 4.98 Å². The summed E-state index contributed by atoms with van der Waals surface area (Å²) in [5, 5.41) is 12.7. The van der Waals surface area contributed by atoms with E-state index in [9.17, 15) is 10.1 Å². The number of nitrogens with one attached hydrogen (secondary N) is 1. The molecule has 0 aromatic carbocycles. The summed E-state index contributed by atoms with van der Waals surface area (Å²) < 4.78 is 0. The molecule has 2 rings (SSSR count). The lowest BCUT2D eigenvalue weighted by Crippen LogP contribution is -2.12. The number of amides is 1. The monoisotopic (exact) mass is 312 g/mol. The molecule has 0 atom stereocenters. The topological polar surface area (TPSA) is 78.7 Å². The maximum Gasteiger partial charge on any atom is 0.225 e. The van der Waals surface area contributed by atoms with Crippen molar-refractivity contribution in [1.29, 1.82) is 5.26 Å². The summed E-state index contributed by atoms with van der Waals surface area (Å²) in [5.41, 5.74) is 3.11. The summed E-state index contributed by atoms with van der Waals surface area (Å²) >= 11 is 1.43. The van der Waals surface area contributed by atoms with Crippen molar-refractivity contribution in [3.8, 4) is 6.07 Å². The molecule has 2 aromatic heterocycles. The minimum absolute atomic E-state index is 0.0680. The molecule has 2 heterocycles. The highest BCUT2D eigenvalue weighted by molar-refractivity contribution is 7.99. The predicted octanol–water partition coefficient (Wildman–Crippen LogP) is 3.09. The number of nitriles is 1. The Balaban J connectivity index is 1.92. The number of carbonyl (C=O) groups is 1. The van der Waals surface area contributed by atoms with Crippen molar-refractivity contribution in [1.82, 2.24) is 9.97 Å². The van der Waals surface area contributed by atoms with Crippen LogP contribution in [0.3, 0.4) is 0 Å². The molecule has 2 aromatic rings. The lowest BCUT2D eigenvalue weighted by molar-refractivity contribution is -0.115. The van der Waals surface area contributed by atoms with Crippen LogP contribution in [0.4, 0.5) is 5.69 Å². The van der Waals surface area contributed by atoms with Crippen molar-refractivity contribution in [3.63, 3.8) is 0 Å². The molecule has 112 valence electrons. The molecule has 0 unspecified atom stereocenters. The molecule has 0 bridgehead atoms. The maximum atomic E-state index is 11.9. The zero-order valence-corrected chi connectivity index (χ0v) is 13.3. The minimum atomic E-state index is -0.0680. The Morgan fingerprint density at radius 1 is 1.36 bits per heavy atom. The Hall–Kier alpha value is -2.39. The molecule has 0 saturated heterocycles. The van der Waals surface area contributed by atoms with Crippen molar-refractivity contribution < 1.29 is 4.79 Å². The summed E-state index contributed by atoms with van der Waals surface area (Å²) in [6.07, 6.45) is 3.61. The Morgan fingerprint density at radius 2 is 2.09 bits per heavy atom. The van der Waals surface area contributed by atoms with Gasteiger partial charge in [0, 0.05) is 35.9 Å². The van der Waals surface area contributed by atoms with Crippen LogP contribution in [0, 0.1) is 25.2 Å². The van der Waals surface area contributed by atoms with Gasteiger partial charge in [-0.2, -0.15) is 5.26 Å². The van der Waals surface area contributed by atoms with E-state index in [2.05, 4.69) is 21.4 Å². The van der Waals surface area contributed by atoms with E-state index < -0.39 is 0 Å². The van der Waals surface area contributed by atoms with E-state index in [0.717, 1.165) is 16.9 Å². The van der Waals surface area contributed by atoms with Crippen molar-refractivity contribution in [3.05, 3.63) is 47.4 Å². The molecule has 0 aliphatic rings. The first kappa shape index (κ1) is 16.0. The second-order valence-corrected chi connectivity index (χ2v) is 5.84. The highest BCUT2D eigenvalue weighted by atomic mass is 32.2. The van der Waals surface area contributed by atoms with Crippen LogP contribution in [-0.4, -0.2) is 21.6 Å². The molecule has 0 saturated carbocycles. The SMILES string of the molecule is Cc1cc(C)c(C#N)c(SCCC(=O)Nc2ccncc2)n1. The zero-order valence-electron chi connectivity index (χ0n) is 12.5. The zero-order chi connectivity index (χ0) is 15.9. The number of anilines is 1. The third-order valence-electron chi connectivity index (χ3n) is 2.96. The summed E-state index contributed by atoms with van der Waals surface area (Å²) in [5.74, 6) is 0.503. The van der Waals surface area contributed by atoms with Gasteiger partial charge in [0.15, 0.2) is 0 Å². The molecule has 5 nitrogen and oxygen atoms in total. The van der Waals surface area contributed by atoms with E-state index in [1.165, 1.54) is 11.8 Å². The average molecular weight is 312 g/mol. The predicted molar refractivity (Wildman–Crippen MR) is 86.6 cm³/mol. The maximum absolute atomic E-state index is 11.9. The normalized spacial score (nSPS) is 10.0. The molecule has 0 spiro atoms. The standard InChI is InChI=1S/C16H16N4OS/c1-11-9-12(2)19-16(14(11)10-17)22-8-5-15(21)20-13-3-6-18-7-4-13/h3-4,6-7,9H,5,8H2,1-2H3,(H,18,20,21). The number of rotatable bonds is 5. The third kappa shape index (κ3) is 4.30. The first-order chi connectivity index (χ1) is 10.6. The van der Waals surface area contributed by atoms with Gasteiger partial charge in [0.05, 0.1) is 5.56 Å². The molecular weight excluding hydrogens is 296 g/mol. The summed E-state index contributed by atoms with van der Waals surface area (Å²) in [7, 11) is 0. The van der Waals surface area contributed by atoms with E-state index in [1.54, 1.807) is 24.5 Å². The van der Waals surface area contributed by atoms with Gasteiger partial charge in [0.1, 0.15) is 11.1 Å². The van der Waals surface area contributed by atoms with Crippen LogP contribution in [0.15, 0.2) is 35.6 Å². The second-order valence-electron chi connectivity index (χ2n) is 4.76. The van der Waals surface area contributed by atoms with E-state index in [0.29, 0.717) is 22.8 Å². The number of hydrogen-bond acceptors (Lipinski definition) is 5. The molecule has 0 radical (unpaired) electrons. The highest BCUT2D eigenvalue weighted by Crippen LogP contribution is 2.24. The van der Waals surface area contributed by atoms with Gasteiger partial charge in [-0.15, -0.1) is 11.8 Å². The van der Waals surface area contributed by atoms with Gasteiger partial charge in [-0.05, 0) is 37.6 Å². The van der Waals surface area contributed by atoms with Crippen LogP contribution in [0.1, 0.15) is 23.2 Å². The number of hydrogen-bond donors (Lipinski definition) is 1. The van der Waals surface area contributed by atoms with Crippen LogP contribution in [0.2, 0.25) is 0 Å². The molecule has 1 N–H and O–H groups in total. The quantitative estimate of drug-likeness (QED) is 0.858. The smallest absolute Gasteiger partial charge is 0.225 e. The van der Waals surface area contributed by atoms with Crippen LogP contribution in [0.25, 0.3) is 0 Å². The molecule has 1 amide bonds. The van der Waals surface area contributed by atoms with E-state index in [-0.39, 0.29) is 5.91 Å². The molecule has 0 fully saturated rings. The first-order valence-electron chi connectivity index (χ1n) is 6.81. The van der Waals surface area contributed by atoms with Crippen LogP contribution < -0.4 is 5.32 Å². The second kappa shape index (κ2) is 7.57. The molecule has 0 aliphatic carbocycles. The fraction of sp³-hybridized carbons (Fsp3) is 0.250. The number of pyridine rings is 2. The van der Waals surface area contributed by atoms with Crippen LogP contribution >= 0.6 is 11.8 Å². The van der Waals surface area contributed by atoms with Gasteiger partial charge in [0.25, 0.3) is 0 Å². The van der Waals surface area contributed by atoms with Gasteiger partial charge in [-0.3, -0.25) is 9.78 Å². The van der Waals surface area contributed by atoms with Crippen molar-refractivity contribution in [2.75, 3.05) is 11.1 Å². The Bertz CT molecular complexity index is 710. The van der Waals surface area contributed by atoms with Gasteiger partial charge >= 0.3 is 0 Å². The van der Waals surface area contributed by atoms with Crippen molar-refractivity contribution in [2.45, 2.75) is 25.3 Å². The van der Waals surface area contributed by atoms with Gasteiger partial charge < -0.3 is 5.32 Å². The lowest BCUT2D eigenvalue weighted by Gasteiger charge is -2.07. The molecule has 22 heavy (non-hydrogen) atoms. The number of thioether (sulfide) groups is 1. The number of nitrogens with zero attached hydrogens (tertiary/aromatic N) is 3. The van der Waals surface area contributed by atoms with E-state index in [4.69, 9.17) is 0 Å². The first-order valence-corrected chi connectivity index (χ1v) is 7.79. The summed E-state index contributed by atoms with van der Waals surface area (Å²) in [4.78, 5) is 20.1. The molecule has 6 heteroatoms. The van der Waals surface area contributed by atoms with Crippen LogP contribution in [0.5, 0.6) is 0 Å². The Labute approximate surface area is 133 Å². The number of carbonyl (C=O) groups excluding carboxylic acids is 1. The summed E-state index contributed by atoms with van der Waals surface area (Å²) in [6.45, 7) is 3.79. The average Bonchev–Trinajstić information content (AvgIpc) is 2.48. The van der Waals surface area contributed by atoms with Crippen molar-refractivity contribution in [2.24, 2.45) is 0 Å². The van der Waals surface area contributed by atoms with E-state index in [1.807, 2.05) is 19.9 Å². The Morgan fingerprint density at radius 3 is 2.77 bits per heavy atom. The molecular formula is C16H16N4OS. The Kier molecular flexibility index (Phi) is 5.50. The summed E-state index contributed by atoms with van der Waals surface area (Å²) in [6, 6.07) is 7.55. The van der Waals surface area contributed by atoms with Crippen molar-refractivity contribution >= 4 is 23.4 Å². The fourth-order valence-electron chi connectivity index (χ4n) is 1.94. The van der Waals surface area contributed by atoms with Gasteiger partial charge in [-0.1, -0.05) is 0 Å². The van der Waals surface area contributed by atoms with Crippen LogP contribution in [-0.2, 0) is 4.79 Å². The minimum Gasteiger partial charge on any atom is -0.326 e. The lowest BCUT2D eigenvalue weighted by atomic mass is 10.1. The van der Waals surface area contributed by atoms with E-state index >= 15 is 0 Å². The highest BCUT2D eigenvalue weighted by Gasteiger charge is 2.10.